The second-order valence-electron chi connectivity index (χ2n) is 2.59. The fraction of sp³-hybridized carbons (Fsp3) is 0.273. The summed E-state index contributed by atoms with van der Waals surface area (Å²) in [6.45, 7) is 12.4. The summed E-state index contributed by atoms with van der Waals surface area (Å²) in [5.74, 6) is 0. The van der Waals surface area contributed by atoms with Crippen molar-refractivity contribution in [1.82, 2.24) is 0 Å². The van der Waals surface area contributed by atoms with Crippen molar-refractivity contribution in [2.45, 2.75) is 20.8 Å². The Balaban J connectivity index is 0.000000461. The van der Waals surface area contributed by atoms with Gasteiger partial charge in [-0.2, -0.15) is 0 Å². The van der Waals surface area contributed by atoms with Crippen molar-refractivity contribution in [3.63, 3.8) is 0 Å². The third-order valence-corrected chi connectivity index (χ3v) is 1.66. The Hall–Kier alpha value is -1.04. The first kappa shape index (κ1) is 9.96. The van der Waals surface area contributed by atoms with E-state index in [1.54, 1.807) is 0 Å². The molecule has 1 aromatic rings. The molecule has 0 fully saturated rings. The Morgan fingerprint density at radius 3 is 1.82 bits per heavy atom. The first-order valence-electron chi connectivity index (χ1n) is 3.74. The van der Waals surface area contributed by atoms with Crippen molar-refractivity contribution in [2.75, 3.05) is 0 Å². The van der Waals surface area contributed by atoms with Crippen molar-refractivity contribution in [2.24, 2.45) is 0 Å². The SMILES string of the molecule is C=C.Cc1ccc(C)c(C)c1. The van der Waals surface area contributed by atoms with Gasteiger partial charge in [0.05, 0.1) is 0 Å². The number of hydrogen-bond donors (Lipinski definition) is 0. The van der Waals surface area contributed by atoms with E-state index in [1.807, 2.05) is 0 Å². The Labute approximate surface area is 69.6 Å². The third kappa shape index (κ3) is 3.03. The molecule has 0 amide bonds. The standard InChI is InChI=1S/C9H12.C2H4/c1-7-4-5-8(2)9(3)6-7;1-2/h4-6H,1-3H3;1-2H2. The molecule has 0 heterocycles. The van der Waals surface area contributed by atoms with Crippen LogP contribution < -0.4 is 0 Å². The van der Waals surface area contributed by atoms with E-state index in [0.717, 1.165) is 0 Å². The van der Waals surface area contributed by atoms with Crippen LogP contribution in [0.15, 0.2) is 31.4 Å². The lowest BCUT2D eigenvalue weighted by atomic mass is 10.1. The monoisotopic (exact) mass is 148 g/mol. The van der Waals surface area contributed by atoms with E-state index in [-0.39, 0.29) is 0 Å². The molecular weight excluding hydrogens is 132 g/mol. The number of hydrogen-bond acceptors (Lipinski definition) is 0. The summed E-state index contributed by atoms with van der Waals surface area (Å²) >= 11 is 0. The smallest absolute Gasteiger partial charge is 0.0395 e. The maximum absolute atomic E-state index is 3.00. The van der Waals surface area contributed by atoms with Gasteiger partial charge < -0.3 is 0 Å². The molecule has 0 aromatic heterocycles. The molecule has 1 aromatic carbocycles. The molecule has 0 N–H and O–H groups in total. The van der Waals surface area contributed by atoms with Gasteiger partial charge in [0, 0.05) is 0 Å². The van der Waals surface area contributed by atoms with E-state index in [1.165, 1.54) is 16.7 Å². The minimum absolute atomic E-state index is 1.35. The van der Waals surface area contributed by atoms with Gasteiger partial charge in [0.25, 0.3) is 0 Å². The highest BCUT2D eigenvalue weighted by Gasteiger charge is 1.89. The van der Waals surface area contributed by atoms with Crippen LogP contribution in [0, 0.1) is 20.8 Å². The van der Waals surface area contributed by atoms with E-state index in [9.17, 15) is 0 Å². The summed E-state index contributed by atoms with van der Waals surface area (Å²) in [6, 6.07) is 6.50. The van der Waals surface area contributed by atoms with Crippen molar-refractivity contribution in [1.29, 1.82) is 0 Å². The summed E-state index contributed by atoms with van der Waals surface area (Å²) < 4.78 is 0. The summed E-state index contributed by atoms with van der Waals surface area (Å²) in [4.78, 5) is 0. The first-order valence-corrected chi connectivity index (χ1v) is 3.74. The highest BCUT2D eigenvalue weighted by molar-refractivity contribution is 5.28. The molecule has 0 unspecified atom stereocenters. The van der Waals surface area contributed by atoms with Gasteiger partial charge >= 0.3 is 0 Å². The zero-order valence-electron chi connectivity index (χ0n) is 7.65. The second-order valence-corrected chi connectivity index (χ2v) is 2.59. The van der Waals surface area contributed by atoms with E-state index in [0.29, 0.717) is 0 Å². The Kier molecular flexibility index (Phi) is 4.28. The van der Waals surface area contributed by atoms with Crippen molar-refractivity contribution >= 4 is 0 Å². The van der Waals surface area contributed by atoms with Crippen molar-refractivity contribution in [3.8, 4) is 0 Å². The molecule has 1 rings (SSSR count). The highest BCUT2D eigenvalue weighted by Crippen LogP contribution is 2.07. The predicted molar refractivity (Wildman–Crippen MR) is 51.9 cm³/mol. The molecule has 0 spiro atoms. The fourth-order valence-corrected chi connectivity index (χ4v) is 0.891. The van der Waals surface area contributed by atoms with Crippen LogP contribution in [0.25, 0.3) is 0 Å². The molecule has 0 aliphatic carbocycles. The molecule has 0 radical (unpaired) electrons. The Morgan fingerprint density at radius 2 is 1.45 bits per heavy atom. The molecule has 0 nitrogen and oxygen atoms in total. The van der Waals surface area contributed by atoms with Gasteiger partial charge in [-0.15, -0.1) is 13.2 Å². The van der Waals surface area contributed by atoms with Gasteiger partial charge in [0.2, 0.25) is 0 Å². The summed E-state index contributed by atoms with van der Waals surface area (Å²) in [6.07, 6.45) is 0. The van der Waals surface area contributed by atoms with Crippen LogP contribution in [0.1, 0.15) is 16.7 Å². The zero-order chi connectivity index (χ0) is 8.85. The zero-order valence-corrected chi connectivity index (χ0v) is 7.65. The number of benzene rings is 1. The fourth-order valence-electron chi connectivity index (χ4n) is 0.891. The molecule has 0 aliphatic heterocycles. The second kappa shape index (κ2) is 4.73. The lowest BCUT2D eigenvalue weighted by Crippen LogP contribution is -1.79. The molecule has 0 saturated carbocycles. The average molecular weight is 148 g/mol. The van der Waals surface area contributed by atoms with Gasteiger partial charge in [0.1, 0.15) is 0 Å². The molecule has 60 valence electrons. The molecule has 0 bridgehead atoms. The first-order chi connectivity index (χ1) is 5.20. The normalized spacial score (nSPS) is 8.27. The molecule has 0 aliphatic rings. The molecule has 0 saturated heterocycles. The average Bonchev–Trinajstić information content (AvgIpc) is 2.02. The van der Waals surface area contributed by atoms with Crippen LogP contribution in [0.5, 0.6) is 0 Å². The summed E-state index contributed by atoms with van der Waals surface area (Å²) in [5, 5.41) is 0. The van der Waals surface area contributed by atoms with E-state index in [2.05, 4.69) is 52.1 Å². The van der Waals surface area contributed by atoms with E-state index < -0.39 is 0 Å². The van der Waals surface area contributed by atoms with Crippen LogP contribution in [-0.2, 0) is 0 Å². The molecule has 0 heteroatoms. The number of rotatable bonds is 0. The lowest BCUT2D eigenvalue weighted by Gasteiger charge is -1.98. The Morgan fingerprint density at radius 1 is 0.909 bits per heavy atom. The van der Waals surface area contributed by atoms with Crippen molar-refractivity contribution < 1.29 is 0 Å². The third-order valence-electron chi connectivity index (χ3n) is 1.66. The maximum atomic E-state index is 3.00. The van der Waals surface area contributed by atoms with Gasteiger partial charge in [-0.05, 0) is 31.9 Å². The summed E-state index contributed by atoms with van der Waals surface area (Å²) in [7, 11) is 0. The lowest BCUT2D eigenvalue weighted by molar-refractivity contribution is 1.30. The van der Waals surface area contributed by atoms with Crippen LogP contribution in [-0.4, -0.2) is 0 Å². The largest absolute Gasteiger partial charge is 0.106 e. The van der Waals surface area contributed by atoms with Crippen molar-refractivity contribution in [3.05, 3.63) is 48.0 Å². The van der Waals surface area contributed by atoms with Gasteiger partial charge in [0.15, 0.2) is 0 Å². The minimum atomic E-state index is 1.35. The highest BCUT2D eigenvalue weighted by atomic mass is 13.9. The molecular formula is C11H16. The van der Waals surface area contributed by atoms with Crippen LogP contribution >= 0.6 is 0 Å². The van der Waals surface area contributed by atoms with E-state index >= 15 is 0 Å². The molecule has 11 heavy (non-hydrogen) atoms. The maximum Gasteiger partial charge on any atom is -0.0395 e. The minimum Gasteiger partial charge on any atom is -0.106 e. The van der Waals surface area contributed by atoms with Gasteiger partial charge in [-0.25, -0.2) is 0 Å². The predicted octanol–water partition coefficient (Wildman–Crippen LogP) is 3.41. The topological polar surface area (TPSA) is 0 Å². The quantitative estimate of drug-likeness (QED) is 0.494. The van der Waals surface area contributed by atoms with Gasteiger partial charge in [-0.1, -0.05) is 23.8 Å². The summed E-state index contributed by atoms with van der Waals surface area (Å²) in [5.41, 5.74) is 4.11. The van der Waals surface area contributed by atoms with Gasteiger partial charge in [-0.3, -0.25) is 0 Å². The van der Waals surface area contributed by atoms with Crippen LogP contribution in [0.2, 0.25) is 0 Å². The Bertz CT molecular complexity index is 223. The molecule has 0 atom stereocenters. The van der Waals surface area contributed by atoms with Crippen LogP contribution in [0.4, 0.5) is 0 Å². The van der Waals surface area contributed by atoms with Crippen LogP contribution in [0.3, 0.4) is 0 Å². The van der Waals surface area contributed by atoms with E-state index in [4.69, 9.17) is 0 Å². The number of aryl methyl sites for hydroxylation is 3.